The van der Waals surface area contributed by atoms with E-state index in [0.717, 1.165) is 6.42 Å². The number of hydrogen-bond donors (Lipinski definition) is 0. The van der Waals surface area contributed by atoms with E-state index in [-0.39, 0.29) is 29.7 Å². The van der Waals surface area contributed by atoms with E-state index in [9.17, 15) is 4.39 Å². The fourth-order valence-corrected chi connectivity index (χ4v) is 3.14. The van der Waals surface area contributed by atoms with Gasteiger partial charge in [0.05, 0.1) is 18.3 Å². The summed E-state index contributed by atoms with van der Waals surface area (Å²) < 4.78 is 25.8. The Morgan fingerprint density at radius 2 is 2.10 bits per heavy atom. The maximum Gasteiger partial charge on any atom is 0.128 e. The highest BCUT2D eigenvalue weighted by atomic mass is 19.1. The second-order valence-electron chi connectivity index (χ2n) is 6.32. The van der Waals surface area contributed by atoms with Crippen molar-refractivity contribution in [2.45, 2.75) is 51.1 Å². The van der Waals surface area contributed by atoms with Crippen LogP contribution in [0.25, 0.3) is 0 Å². The molecule has 0 saturated carbocycles. The molecule has 3 atom stereocenters. The Labute approximate surface area is 119 Å². The molecule has 20 heavy (non-hydrogen) atoms. The first-order valence-corrected chi connectivity index (χ1v) is 7.21. The quantitative estimate of drug-likeness (QED) is 0.778. The van der Waals surface area contributed by atoms with Gasteiger partial charge in [-0.05, 0) is 18.9 Å². The third-order valence-corrected chi connectivity index (χ3v) is 4.63. The summed E-state index contributed by atoms with van der Waals surface area (Å²) >= 11 is 0. The highest BCUT2D eigenvalue weighted by molar-refractivity contribution is 5.27. The van der Waals surface area contributed by atoms with Crippen LogP contribution in [0.15, 0.2) is 36.4 Å². The summed E-state index contributed by atoms with van der Waals surface area (Å²) in [6, 6.07) is 6.75. The van der Waals surface area contributed by atoms with E-state index in [4.69, 9.17) is 9.47 Å². The zero-order chi connectivity index (χ0) is 14.4. The number of ether oxygens (including phenoxy) is 2. The first kappa shape index (κ1) is 13.8. The summed E-state index contributed by atoms with van der Waals surface area (Å²) in [4.78, 5) is 0. The molecule has 3 rings (SSSR count). The van der Waals surface area contributed by atoms with Gasteiger partial charge in [-0.15, -0.1) is 0 Å². The van der Waals surface area contributed by atoms with E-state index in [1.165, 1.54) is 6.07 Å². The second-order valence-corrected chi connectivity index (χ2v) is 6.32. The fraction of sp³-hybridized carbons (Fsp3) is 0.529. The van der Waals surface area contributed by atoms with Crippen LogP contribution in [0.2, 0.25) is 0 Å². The molecule has 0 unspecified atom stereocenters. The Kier molecular flexibility index (Phi) is 3.22. The van der Waals surface area contributed by atoms with Crippen molar-refractivity contribution in [1.82, 2.24) is 0 Å². The molecule has 2 aliphatic rings. The smallest absolute Gasteiger partial charge is 0.128 e. The van der Waals surface area contributed by atoms with Gasteiger partial charge in [-0.2, -0.15) is 0 Å². The fourth-order valence-electron chi connectivity index (χ4n) is 3.14. The van der Waals surface area contributed by atoms with Crippen molar-refractivity contribution in [1.29, 1.82) is 0 Å². The average molecular weight is 276 g/mol. The van der Waals surface area contributed by atoms with Crippen molar-refractivity contribution in [3.8, 4) is 0 Å². The minimum absolute atomic E-state index is 0.0190. The maximum absolute atomic E-state index is 13.6. The molecule has 0 spiro atoms. The van der Waals surface area contributed by atoms with Gasteiger partial charge in [0.2, 0.25) is 0 Å². The van der Waals surface area contributed by atoms with Crippen LogP contribution in [0.1, 0.15) is 32.8 Å². The molecule has 0 aliphatic carbocycles. The lowest BCUT2D eigenvalue weighted by atomic mass is 9.81. The average Bonchev–Trinajstić information content (AvgIpc) is 2.90. The Morgan fingerprint density at radius 3 is 2.75 bits per heavy atom. The molecule has 0 radical (unpaired) electrons. The van der Waals surface area contributed by atoms with Gasteiger partial charge < -0.3 is 9.47 Å². The van der Waals surface area contributed by atoms with E-state index in [1.54, 1.807) is 12.1 Å². The molecule has 1 aromatic rings. The van der Waals surface area contributed by atoms with Crippen LogP contribution in [0.3, 0.4) is 0 Å². The largest absolute Gasteiger partial charge is 0.370 e. The van der Waals surface area contributed by atoms with Gasteiger partial charge in [0.25, 0.3) is 0 Å². The molecule has 3 heteroatoms. The van der Waals surface area contributed by atoms with Crippen LogP contribution in [-0.4, -0.2) is 17.3 Å². The second kappa shape index (κ2) is 4.68. The molecule has 2 aliphatic heterocycles. The van der Waals surface area contributed by atoms with Gasteiger partial charge in [-0.3, -0.25) is 0 Å². The number of hydrogen-bond acceptors (Lipinski definition) is 2. The van der Waals surface area contributed by atoms with Crippen molar-refractivity contribution in [2.75, 3.05) is 0 Å². The van der Waals surface area contributed by atoms with Gasteiger partial charge in [0.15, 0.2) is 0 Å². The monoisotopic (exact) mass is 276 g/mol. The first-order valence-electron chi connectivity index (χ1n) is 7.21. The Bertz CT molecular complexity index is 540. The predicted octanol–water partition coefficient (Wildman–Crippen LogP) is 3.85. The van der Waals surface area contributed by atoms with Crippen LogP contribution in [0, 0.1) is 11.7 Å². The van der Waals surface area contributed by atoms with Gasteiger partial charge in [0.1, 0.15) is 11.4 Å². The normalized spacial score (nSPS) is 35.1. The van der Waals surface area contributed by atoms with E-state index in [0.29, 0.717) is 11.5 Å². The van der Waals surface area contributed by atoms with Crippen molar-refractivity contribution in [3.63, 3.8) is 0 Å². The molecular formula is C17H21FO2. The number of halogens is 1. The van der Waals surface area contributed by atoms with Crippen molar-refractivity contribution in [2.24, 2.45) is 5.92 Å². The summed E-state index contributed by atoms with van der Waals surface area (Å²) in [5, 5.41) is 0. The molecule has 2 bridgehead atoms. The van der Waals surface area contributed by atoms with Crippen LogP contribution in [0.4, 0.5) is 4.39 Å². The number of rotatable bonds is 4. The van der Waals surface area contributed by atoms with Crippen molar-refractivity contribution >= 4 is 0 Å². The van der Waals surface area contributed by atoms with Gasteiger partial charge in [-0.25, -0.2) is 4.39 Å². The molecule has 0 amide bonds. The van der Waals surface area contributed by atoms with Crippen LogP contribution < -0.4 is 0 Å². The first-order chi connectivity index (χ1) is 9.45. The van der Waals surface area contributed by atoms with E-state index in [2.05, 4.69) is 26.0 Å². The van der Waals surface area contributed by atoms with Crippen molar-refractivity contribution < 1.29 is 13.9 Å². The van der Waals surface area contributed by atoms with E-state index >= 15 is 0 Å². The van der Waals surface area contributed by atoms with E-state index < -0.39 is 0 Å². The SMILES string of the molecule is CC(C)[C@]12C=C[C@](C)(O1)[C@H](OCc1ccccc1F)C2. The Hall–Kier alpha value is -1.19. The lowest BCUT2D eigenvalue weighted by Crippen LogP contribution is -2.35. The predicted molar refractivity (Wildman–Crippen MR) is 75.8 cm³/mol. The molecule has 2 nitrogen and oxygen atoms in total. The minimum Gasteiger partial charge on any atom is -0.370 e. The molecule has 2 heterocycles. The molecule has 108 valence electrons. The zero-order valence-corrected chi connectivity index (χ0v) is 12.2. The number of fused-ring (bicyclic) bond motifs is 2. The Balaban J connectivity index is 1.71. The molecule has 0 N–H and O–H groups in total. The summed E-state index contributed by atoms with van der Waals surface area (Å²) in [7, 11) is 0. The standard InChI is InChI=1S/C17H21FO2/c1-12(2)17-9-8-16(3,20-17)15(10-17)19-11-13-6-4-5-7-14(13)18/h4-9,12,15H,10-11H2,1-3H3/t15-,16+,17-/m1/s1. The molecule has 1 saturated heterocycles. The van der Waals surface area contributed by atoms with Crippen LogP contribution >= 0.6 is 0 Å². The summed E-state index contributed by atoms with van der Waals surface area (Å²) in [6.07, 6.45) is 5.09. The van der Waals surface area contributed by atoms with Gasteiger partial charge in [-0.1, -0.05) is 44.2 Å². The van der Waals surface area contributed by atoms with Gasteiger partial charge in [0, 0.05) is 12.0 Å². The van der Waals surface area contributed by atoms with Gasteiger partial charge >= 0.3 is 0 Å². The topological polar surface area (TPSA) is 18.5 Å². The lowest BCUT2D eigenvalue weighted by molar-refractivity contribution is -0.0823. The third kappa shape index (κ3) is 2.09. The summed E-state index contributed by atoms with van der Waals surface area (Å²) in [5.41, 5.74) is 0.00549. The minimum atomic E-state index is -0.379. The van der Waals surface area contributed by atoms with Crippen LogP contribution in [0.5, 0.6) is 0 Å². The Morgan fingerprint density at radius 1 is 1.35 bits per heavy atom. The summed E-state index contributed by atoms with van der Waals surface area (Å²) in [6.45, 7) is 6.66. The number of benzene rings is 1. The molecule has 1 fully saturated rings. The molecule has 1 aromatic carbocycles. The maximum atomic E-state index is 13.6. The zero-order valence-electron chi connectivity index (χ0n) is 12.2. The highest BCUT2D eigenvalue weighted by Crippen LogP contribution is 2.50. The van der Waals surface area contributed by atoms with Crippen molar-refractivity contribution in [3.05, 3.63) is 47.8 Å². The lowest BCUT2D eigenvalue weighted by Gasteiger charge is -2.27. The highest BCUT2D eigenvalue weighted by Gasteiger charge is 2.57. The molecular weight excluding hydrogens is 255 g/mol. The van der Waals surface area contributed by atoms with E-state index in [1.807, 2.05) is 13.0 Å². The third-order valence-electron chi connectivity index (χ3n) is 4.63. The van der Waals surface area contributed by atoms with Crippen LogP contribution in [-0.2, 0) is 16.1 Å². The summed E-state index contributed by atoms with van der Waals surface area (Å²) in [5.74, 6) is 0.193. The molecule has 0 aromatic heterocycles.